The van der Waals surface area contributed by atoms with Crippen LogP contribution in [-0.4, -0.2) is 41.4 Å². The van der Waals surface area contributed by atoms with E-state index in [1.807, 2.05) is 0 Å². The number of hydrogen-bond acceptors (Lipinski definition) is 4. The van der Waals surface area contributed by atoms with Crippen molar-refractivity contribution in [2.24, 2.45) is 5.73 Å². The van der Waals surface area contributed by atoms with Crippen LogP contribution in [-0.2, 0) is 4.79 Å². The third-order valence-electron chi connectivity index (χ3n) is 4.92. The summed E-state index contributed by atoms with van der Waals surface area (Å²) in [6.45, 7) is 0.604. The third kappa shape index (κ3) is 3.75. The summed E-state index contributed by atoms with van der Waals surface area (Å²) in [4.78, 5) is 26.9. The van der Waals surface area contributed by atoms with Gasteiger partial charge in [0.1, 0.15) is 6.04 Å². The van der Waals surface area contributed by atoms with Gasteiger partial charge in [0.25, 0.3) is 5.91 Å². The first-order valence-electron chi connectivity index (χ1n) is 8.55. The predicted octanol–water partition coefficient (Wildman–Crippen LogP) is 1.66. The van der Waals surface area contributed by atoms with E-state index in [2.05, 4.69) is 5.32 Å². The molecule has 0 radical (unpaired) electrons. The molecule has 126 valence electrons. The molecule has 6 nitrogen and oxygen atoms in total. The van der Waals surface area contributed by atoms with Gasteiger partial charge in [-0.3, -0.25) is 9.59 Å². The monoisotopic (exact) mass is 319 g/mol. The minimum atomic E-state index is -0.392. The number of carbonyl (C=O) groups excluding carboxylic acids is 2. The maximum absolute atomic E-state index is 12.7. The van der Waals surface area contributed by atoms with E-state index in [1.54, 1.807) is 17.0 Å². The molecule has 2 aliphatic rings. The van der Waals surface area contributed by atoms with Gasteiger partial charge in [-0.1, -0.05) is 0 Å². The highest BCUT2D eigenvalue weighted by atomic mass is 16.3. The molecule has 0 spiro atoms. The first-order valence-corrected chi connectivity index (χ1v) is 8.55. The van der Waals surface area contributed by atoms with Gasteiger partial charge in [0.05, 0.1) is 6.26 Å². The lowest BCUT2D eigenvalue weighted by atomic mass is 9.91. The zero-order valence-corrected chi connectivity index (χ0v) is 13.4. The summed E-state index contributed by atoms with van der Waals surface area (Å²) >= 11 is 0. The number of amides is 2. The van der Waals surface area contributed by atoms with E-state index in [4.69, 9.17) is 10.2 Å². The first kappa shape index (κ1) is 16.1. The summed E-state index contributed by atoms with van der Waals surface area (Å²) in [5.74, 6) is 0.0685. The van der Waals surface area contributed by atoms with Crippen LogP contribution in [0.4, 0.5) is 0 Å². The Hall–Kier alpha value is -1.82. The summed E-state index contributed by atoms with van der Waals surface area (Å²) in [7, 11) is 0. The van der Waals surface area contributed by atoms with E-state index in [9.17, 15) is 9.59 Å². The lowest BCUT2D eigenvalue weighted by molar-refractivity contribution is -0.127. The van der Waals surface area contributed by atoms with E-state index >= 15 is 0 Å². The number of likely N-dealkylation sites (tertiary alicyclic amines) is 1. The van der Waals surface area contributed by atoms with Crippen molar-refractivity contribution in [1.29, 1.82) is 0 Å². The van der Waals surface area contributed by atoms with Crippen LogP contribution in [0.3, 0.4) is 0 Å². The summed E-state index contributed by atoms with van der Waals surface area (Å²) < 4.78 is 5.20. The number of nitrogens with one attached hydrogen (secondary N) is 1. The van der Waals surface area contributed by atoms with Crippen LogP contribution in [0.15, 0.2) is 22.8 Å². The molecule has 1 saturated heterocycles. The Balaban J connectivity index is 1.63. The number of nitrogens with zero attached hydrogens (tertiary/aromatic N) is 1. The van der Waals surface area contributed by atoms with Crippen molar-refractivity contribution in [2.45, 2.75) is 63.1 Å². The second-order valence-electron chi connectivity index (χ2n) is 6.61. The average Bonchev–Trinajstić information content (AvgIpc) is 3.11. The van der Waals surface area contributed by atoms with Crippen molar-refractivity contribution in [1.82, 2.24) is 10.2 Å². The van der Waals surface area contributed by atoms with Gasteiger partial charge in [-0.05, 0) is 57.1 Å². The number of nitrogens with two attached hydrogens (primary N) is 1. The standard InChI is InChI=1S/C17H25N3O3/c18-12-6-8-13(9-7-12)19-16(21)14-4-1-2-10-20(14)17(22)15-5-3-11-23-15/h3,5,11-14H,1-2,4,6-10,18H2,(H,19,21). The summed E-state index contributed by atoms with van der Waals surface area (Å²) in [5.41, 5.74) is 5.91. The van der Waals surface area contributed by atoms with Crippen molar-refractivity contribution < 1.29 is 14.0 Å². The Bertz CT molecular complexity index is 535. The highest BCUT2D eigenvalue weighted by Crippen LogP contribution is 2.22. The fourth-order valence-corrected chi connectivity index (χ4v) is 3.55. The van der Waals surface area contributed by atoms with E-state index in [1.165, 1.54) is 6.26 Å². The van der Waals surface area contributed by atoms with Gasteiger partial charge in [-0.15, -0.1) is 0 Å². The first-order chi connectivity index (χ1) is 11.1. The van der Waals surface area contributed by atoms with Gasteiger partial charge in [-0.25, -0.2) is 0 Å². The van der Waals surface area contributed by atoms with Crippen molar-refractivity contribution in [3.63, 3.8) is 0 Å². The molecule has 1 aliphatic carbocycles. The molecule has 1 aliphatic heterocycles. The highest BCUT2D eigenvalue weighted by molar-refractivity contribution is 5.95. The zero-order chi connectivity index (χ0) is 16.2. The number of piperidine rings is 1. The number of carbonyl (C=O) groups is 2. The Kier molecular flexibility index (Phi) is 5.00. The van der Waals surface area contributed by atoms with E-state index in [-0.39, 0.29) is 23.9 Å². The molecule has 2 heterocycles. The molecular formula is C17H25N3O3. The fraction of sp³-hybridized carbons (Fsp3) is 0.647. The lowest BCUT2D eigenvalue weighted by Gasteiger charge is -2.36. The summed E-state index contributed by atoms with van der Waals surface area (Å²) in [6.07, 6.45) is 7.83. The van der Waals surface area contributed by atoms with Crippen LogP contribution in [0.1, 0.15) is 55.5 Å². The van der Waals surface area contributed by atoms with E-state index in [0.29, 0.717) is 18.7 Å². The second kappa shape index (κ2) is 7.17. The summed E-state index contributed by atoms with van der Waals surface area (Å²) in [5, 5.41) is 3.12. The van der Waals surface area contributed by atoms with Crippen LogP contribution in [0.2, 0.25) is 0 Å². The number of hydrogen-bond donors (Lipinski definition) is 2. The molecular weight excluding hydrogens is 294 g/mol. The molecule has 23 heavy (non-hydrogen) atoms. The molecule has 1 saturated carbocycles. The van der Waals surface area contributed by atoms with Crippen LogP contribution in [0.5, 0.6) is 0 Å². The molecule has 2 fully saturated rings. The fourth-order valence-electron chi connectivity index (χ4n) is 3.55. The average molecular weight is 319 g/mol. The number of rotatable bonds is 3. The molecule has 1 atom stereocenters. The second-order valence-corrected chi connectivity index (χ2v) is 6.61. The Morgan fingerprint density at radius 3 is 2.65 bits per heavy atom. The molecule has 0 bridgehead atoms. The van der Waals surface area contributed by atoms with Crippen molar-refractivity contribution >= 4 is 11.8 Å². The van der Waals surface area contributed by atoms with Gasteiger partial charge in [0.15, 0.2) is 5.76 Å². The van der Waals surface area contributed by atoms with Gasteiger partial charge in [0.2, 0.25) is 5.91 Å². The predicted molar refractivity (Wildman–Crippen MR) is 85.8 cm³/mol. The van der Waals surface area contributed by atoms with Crippen LogP contribution < -0.4 is 11.1 Å². The maximum atomic E-state index is 12.7. The topological polar surface area (TPSA) is 88.6 Å². The lowest BCUT2D eigenvalue weighted by Crippen LogP contribution is -2.54. The van der Waals surface area contributed by atoms with E-state index in [0.717, 1.165) is 38.5 Å². The largest absolute Gasteiger partial charge is 0.459 e. The van der Waals surface area contributed by atoms with Crippen molar-refractivity contribution in [3.8, 4) is 0 Å². The van der Waals surface area contributed by atoms with Gasteiger partial charge in [0, 0.05) is 18.6 Å². The Morgan fingerprint density at radius 1 is 1.17 bits per heavy atom. The molecule has 1 aromatic heterocycles. The quantitative estimate of drug-likeness (QED) is 0.887. The van der Waals surface area contributed by atoms with Gasteiger partial charge in [-0.2, -0.15) is 0 Å². The van der Waals surface area contributed by atoms with Crippen LogP contribution in [0.25, 0.3) is 0 Å². The van der Waals surface area contributed by atoms with Crippen LogP contribution in [0, 0.1) is 0 Å². The Morgan fingerprint density at radius 2 is 1.96 bits per heavy atom. The molecule has 1 unspecified atom stereocenters. The van der Waals surface area contributed by atoms with Crippen molar-refractivity contribution in [3.05, 3.63) is 24.2 Å². The molecule has 3 N–H and O–H groups in total. The minimum absolute atomic E-state index is 0.0370. The third-order valence-corrected chi connectivity index (χ3v) is 4.92. The maximum Gasteiger partial charge on any atom is 0.290 e. The van der Waals surface area contributed by atoms with Crippen LogP contribution >= 0.6 is 0 Å². The molecule has 0 aromatic carbocycles. The van der Waals surface area contributed by atoms with Crippen molar-refractivity contribution in [2.75, 3.05) is 6.54 Å². The smallest absolute Gasteiger partial charge is 0.290 e. The number of furan rings is 1. The molecule has 6 heteroatoms. The van der Waals surface area contributed by atoms with Gasteiger partial charge < -0.3 is 20.4 Å². The van der Waals surface area contributed by atoms with E-state index < -0.39 is 6.04 Å². The van der Waals surface area contributed by atoms with Gasteiger partial charge >= 0.3 is 0 Å². The SMILES string of the molecule is NC1CCC(NC(=O)C2CCCCN2C(=O)c2ccco2)CC1. The molecule has 1 aromatic rings. The summed E-state index contributed by atoms with van der Waals surface area (Å²) in [6, 6.07) is 3.39. The highest BCUT2D eigenvalue weighted by Gasteiger charge is 2.34. The molecule has 2 amide bonds. The normalized spacial score (nSPS) is 28.4. The Labute approximate surface area is 136 Å². The minimum Gasteiger partial charge on any atom is -0.459 e. The zero-order valence-electron chi connectivity index (χ0n) is 13.4. The molecule has 3 rings (SSSR count).